The summed E-state index contributed by atoms with van der Waals surface area (Å²) in [5.74, 6) is -1.70. The standard InChI is InChI=1S/C10H19N3O3/c1-2-3-4-5-9(15)13-7(10(12)16)6-8(11)14/h7H,2-6H2,1H3,(H2,11,14)(H2,12,16)(H,13,15)/t7-/m0/s1. The zero-order chi connectivity index (χ0) is 12.6. The van der Waals surface area contributed by atoms with Gasteiger partial charge in [-0.3, -0.25) is 14.4 Å². The molecule has 0 unspecified atom stereocenters. The Bertz CT molecular complexity index is 266. The van der Waals surface area contributed by atoms with E-state index in [0.29, 0.717) is 6.42 Å². The highest BCUT2D eigenvalue weighted by atomic mass is 16.2. The minimum atomic E-state index is -0.994. The van der Waals surface area contributed by atoms with Gasteiger partial charge in [-0.1, -0.05) is 19.8 Å². The fourth-order valence-electron chi connectivity index (χ4n) is 1.23. The van der Waals surface area contributed by atoms with Crippen LogP contribution in [0.2, 0.25) is 0 Å². The van der Waals surface area contributed by atoms with E-state index in [-0.39, 0.29) is 12.3 Å². The topological polar surface area (TPSA) is 115 Å². The number of unbranched alkanes of at least 4 members (excludes halogenated alkanes) is 2. The van der Waals surface area contributed by atoms with E-state index in [1.807, 2.05) is 6.92 Å². The Kier molecular flexibility index (Phi) is 6.91. The van der Waals surface area contributed by atoms with E-state index >= 15 is 0 Å². The van der Waals surface area contributed by atoms with Gasteiger partial charge in [-0.2, -0.15) is 0 Å². The first kappa shape index (κ1) is 14.4. The molecular formula is C10H19N3O3. The fourth-order valence-corrected chi connectivity index (χ4v) is 1.23. The van der Waals surface area contributed by atoms with E-state index in [1.165, 1.54) is 0 Å². The average Bonchev–Trinajstić information content (AvgIpc) is 2.16. The Morgan fingerprint density at radius 1 is 1.19 bits per heavy atom. The average molecular weight is 229 g/mol. The van der Waals surface area contributed by atoms with Crippen LogP contribution in [0, 0.1) is 0 Å². The maximum atomic E-state index is 11.3. The van der Waals surface area contributed by atoms with Gasteiger partial charge in [0.25, 0.3) is 0 Å². The van der Waals surface area contributed by atoms with Crippen molar-refractivity contribution in [2.24, 2.45) is 11.5 Å². The smallest absolute Gasteiger partial charge is 0.240 e. The number of hydrogen-bond donors (Lipinski definition) is 3. The lowest BCUT2D eigenvalue weighted by atomic mass is 10.1. The molecule has 16 heavy (non-hydrogen) atoms. The van der Waals surface area contributed by atoms with Crippen LogP contribution in [0.3, 0.4) is 0 Å². The maximum Gasteiger partial charge on any atom is 0.240 e. The quantitative estimate of drug-likeness (QED) is 0.483. The third-order valence-electron chi connectivity index (χ3n) is 2.09. The van der Waals surface area contributed by atoms with Crippen molar-refractivity contribution in [2.75, 3.05) is 0 Å². The van der Waals surface area contributed by atoms with E-state index in [4.69, 9.17) is 11.5 Å². The third-order valence-corrected chi connectivity index (χ3v) is 2.09. The minimum Gasteiger partial charge on any atom is -0.370 e. The van der Waals surface area contributed by atoms with Gasteiger partial charge in [-0.15, -0.1) is 0 Å². The summed E-state index contributed by atoms with van der Waals surface area (Å²) < 4.78 is 0. The number of hydrogen-bond acceptors (Lipinski definition) is 3. The molecule has 92 valence electrons. The molecule has 0 aliphatic carbocycles. The molecule has 0 spiro atoms. The molecule has 0 aliphatic heterocycles. The largest absolute Gasteiger partial charge is 0.370 e. The van der Waals surface area contributed by atoms with Crippen molar-refractivity contribution in [3.8, 4) is 0 Å². The predicted octanol–water partition coefficient (Wildman–Crippen LogP) is -0.588. The van der Waals surface area contributed by atoms with Crippen LogP contribution in [0.15, 0.2) is 0 Å². The molecule has 0 radical (unpaired) electrons. The van der Waals surface area contributed by atoms with Crippen LogP contribution in [0.1, 0.15) is 39.0 Å². The Morgan fingerprint density at radius 2 is 1.81 bits per heavy atom. The first-order chi connectivity index (χ1) is 7.47. The van der Waals surface area contributed by atoms with E-state index in [9.17, 15) is 14.4 Å². The molecule has 3 amide bonds. The summed E-state index contributed by atoms with van der Waals surface area (Å²) in [7, 11) is 0. The van der Waals surface area contributed by atoms with Gasteiger partial charge in [-0.05, 0) is 6.42 Å². The van der Waals surface area contributed by atoms with Gasteiger partial charge in [0.1, 0.15) is 6.04 Å². The molecule has 1 atom stereocenters. The fraction of sp³-hybridized carbons (Fsp3) is 0.700. The van der Waals surface area contributed by atoms with E-state index in [1.54, 1.807) is 0 Å². The Labute approximate surface area is 94.7 Å². The van der Waals surface area contributed by atoms with Gasteiger partial charge < -0.3 is 16.8 Å². The molecule has 0 aromatic rings. The first-order valence-electron chi connectivity index (χ1n) is 5.34. The van der Waals surface area contributed by atoms with Gasteiger partial charge >= 0.3 is 0 Å². The predicted molar refractivity (Wildman–Crippen MR) is 59.1 cm³/mol. The van der Waals surface area contributed by atoms with Crippen LogP contribution in [0.5, 0.6) is 0 Å². The minimum absolute atomic E-state index is 0.255. The number of carbonyl (C=O) groups is 3. The molecule has 6 nitrogen and oxygen atoms in total. The van der Waals surface area contributed by atoms with E-state index in [0.717, 1.165) is 19.3 Å². The summed E-state index contributed by atoms with van der Waals surface area (Å²) in [6.07, 6.45) is 2.79. The SMILES string of the molecule is CCCCCC(=O)N[C@@H](CC(N)=O)C(N)=O. The molecule has 0 saturated carbocycles. The molecule has 0 bridgehead atoms. The van der Waals surface area contributed by atoms with Crippen molar-refractivity contribution in [1.82, 2.24) is 5.32 Å². The summed E-state index contributed by atoms with van der Waals surface area (Å²) in [4.78, 5) is 32.9. The van der Waals surface area contributed by atoms with Crippen molar-refractivity contribution >= 4 is 17.7 Å². The molecule has 0 aromatic carbocycles. The van der Waals surface area contributed by atoms with Crippen molar-refractivity contribution in [3.05, 3.63) is 0 Å². The number of nitrogens with two attached hydrogens (primary N) is 2. The zero-order valence-corrected chi connectivity index (χ0v) is 9.49. The molecule has 0 heterocycles. The third kappa shape index (κ3) is 6.80. The highest BCUT2D eigenvalue weighted by molar-refractivity contribution is 5.90. The lowest BCUT2D eigenvalue weighted by molar-refractivity contribution is -0.129. The Morgan fingerprint density at radius 3 is 2.25 bits per heavy atom. The Balaban J connectivity index is 4.03. The molecule has 0 aliphatic rings. The lowest BCUT2D eigenvalue weighted by Crippen LogP contribution is -2.46. The molecular weight excluding hydrogens is 210 g/mol. The molecule has 5 N–H and O–H groups in total. The molecule has 0 rings (SSSR count). The van der Waals surface area contributed by atoms with Gasteiger partial charge in [0.15, 0.2) is 0 Å². The lowest BCUT2D eigenvalue weighted by Gasteiger charge is -2.13. The van der Waals surface area contributed by atoms with E-state index < -0.39 is 17.9 Å². The molecule has 0 fully saturated rings. The molecule has 6 heteroatoms. The number of nitrogens with one attached hydrogen (secondary N) is 1. The van der Waals surface area contributed by atoms with Gasteiger partial charge in [0.2, 0.25) is 17.7 Å². The van der Waals surface area contributed by atoms with Crippen LogP contribution in [0.25, 0.3) is 0 Å². The number of primary amides is 2. The zero-order valence-electron chi connectivity index (χ0n) is 9.49. The van der Waals surface area contributed by atoms with Gasteiger partial charge in [-0.25, -0.2) is 0 Å². The number of rotatable bonds is 8. The number of carbonyl (C=O) groups excluding carboxylic acids is 3. The second-order valence-electron chi connectivity index (χ2n) is 3.65. The second-order valence-corrected chi connectivity index (χ2v) is 3.65. The van der Waals surface area contributed by atoms with Crippen LogP contribution < -0.4 is 16.8 Å². The van der Waals surface area contributed by atoms with Crippen LogP contribution in [-0.4, -0.2) is 23.8 Å². The van der Waals surface area contributed by atoms with Crippen molar-refractivity contribution in [2.45, 2.75) is 45.1 Å². The van der Waals surface area contributed by atoms with Gasteiger partial charge in [0.05, 0.1) is 6.42 Å². The highest BCUT2D eigenvalue weighted by Crippen LogP contribution is 1.99. The summed E-state index contributed by atoms with van der Waals surface area (Å²) in [6, 6.07) is -0.994. The van der Waals surface area contributed by atoms with Crippen LogP contribution >= 0.6 is 0 Å². The maximum absolute atomic E-state index is 11.3. The van der Waals surface area contributed by atoms with Crippen molar-refractivity contribution in [3.63, 3.8) is 0 Å². The summed E-state index contributed by atoms with van der Waals surface area (Å²) in [5.41, 5.74) is 9.96. The Hall–Kier alpha value is -1.59. The monoisotopic (exact) mass is 229 g/mol. The summed E-state index contributed by atoms with van der Waals surface area (Å²) in [5, 5.41) is 2.39. The van der Waals surface area contributed by atoms with Crippen molar-refractivity contribution < 1.29 is 14.4 Å². The highest BCUT2D eigenvalue weighted by Gasteiger charge is 2.19. The second kappa shape index (κ2) is 7.67. The van der Waals surface area contributed by atoms with E-state index in [2.05, 4.69) is 5.32 Å². The number of amides is 3. The van der Waals surface area contributed by atoms with Crippen LogP contribution in [-0.2, 0) is 14.4 Å². The van der Waals surface area contributed by atoms with Crippen molar-refractivity contribution in [1.29, 1.82) is 0 Å². The summed E-state index contributed by atoms with van der Waals surface area (Å²) >= 11 is 0. The van der Waals surface area contributed by atoms with Gasteiger partial charge in [0, 0.05) is 6.42 Å². The summed E-state index contributed by atoms with van der Waals surface area (Å²) in [6.45, 7) is 2.03. The molecule has 0 saturated heterocycles. The first-order valence-corrected chi connectivity index (χ1v) is 5.34. The normalized spacial score (nSPS) is 11.8. The van der Waals surface area contributed by atoms with Crippen LogP contribution in [0.4, 0.5) is 0 Å². The molecule has 0 aromatic heterocycles.